The normalized spacial score (nSPS) is 11.1. The fourth-order valence-electron chi connectivity index (χ4n) is 5.16. The molecule has 0 aliphatic carbocycles. The molecule has 0 aliphatic rings. The predicted octanol–water partition coefficient (Wildman–Crippen LogP) is 7.09. The summed E-state index contributed by atoms with van der Waals surface area (Å²) in [4.78, 5) is 12.9. The third kappa shape index (κ3) is 5.17. The lowest BCUT2D eigenvalue weighted by Crippen LogP contribution is -2.17. The summed E-state index contributed by atoms with van der Waals surface area (Å²) in [6.45, 7) is 2.63. The molecule has 1 N–H and O–H groups in total. The van der Waals surface area contributed by atoms with Crippen LogP contribution in [0.3, 0.4) is 0 Å². The van der Waals surface area contributed by atoms with Crippen LogP contribution in [0.1, 0.15) is 32.7 Å². The molecular formula is C35H27N5O. The van der Waals surface area contributed by atoms with Gasteiger partial charge in [-0.25, -0.2) is 5.43 Å². The average Bonchev–Trinajstić information content (AvgIpc) is 3.58. The van der Waals surface area contributed by atoms with E-state index in [1.54, 1.807) is 6.21 Å². The van der Waals surface area contributed by atoms with Gasteiger partial charge in [-0.1, -0.05) is 66.7 Å². The number of nitriles is 1. The maximum atomic E-state index is 12.9. The van der Waals surface area contributed by atoms with Gasteiger partial charge in [0.25, 0.3) is 5.91 Å². The van der Waals surface area contributed by atoms with Crippen LogP contribution in [0.25, 0.3) is 27.8 Å². The minimum absolute atomic E-state index is 0.285. The Morgan fingerprint density at radius 1 is 0.878 bits per heavy atom. The van der Waals surface area contributed by atoms with Gasteiger partial charge in [0.15, 0.2) is 0 Å². The van der Waals surface area contributed by atoms with Gasteiger partial charge in [0.05, 0.1) is 23.5 Å². The van der Waals surface area contributed by atoms with Gasteiger partial charge < -0.3 is 9.13 Å². The quantitative estimate of drug-likeness (QED) is 0.176. The van der Waals surface area contributed by atoms with Gasteiger partial charge in [-0.15, -0.1) is 0 Å². The number of aromatic nitrogens is 2. The Hall–Kier alpha value is -5.67. The van der Waals surface area contributed by atoms with Crippen molar-refractivity contribution in [3.05, 3.63) is 149 Å². The summed E-state index contributed by atoms with van der Waals surface area (Å²) in [7, 11) is 0. The molecule has 0 unspecified atom stereocenters. The maximum Gasteiger partial charge on any atom is 0.271 e. The molecule has 0 aliphatic heterocycles. The second-order valence-electron chi connectivity index (χ2n) is 9.81. The van der Waals surface area contributed by atoms with E-state index in [4.69, 9.17) is 0 Å². The van der Waals surface area contributed by atoms with Gasteiger partial charge >= 0.3 is 0 Å². The number of para-hydroxylation sites is 1. The largest absolute Gasteiger partial charge is 0.342 e. The van der Waals surface area contributed by atoms with Crippen LogP contribution in [0.5, 0.6) is 0 Å². The standard InChI is InChI=1S/C35H27N5O/c1-25-15-20-33(26-9-3-2-4-10-26)40(25)31-18-16-27(17-19-31)35(41)38-37-22-30-24-39(34-14-8-7-13-32(30)34)23-29-12-6-5-11-28(29)21-36/h2-20,22,24H,23H2,1H3,(H,38,41)/b37-22+. The molecule has 41 heavy (non-hydrogen) atoms. The summed E-state index contributed by atoms with van der Waals surface area (Å²) in [6, 6.07) is 39.9. The number of nitrogens with one attached hydrogen (secondary N) is 1. The Bertz CT molecular complexity index is 1920. The molecule has 6 aromatic rings. The van der Waals surface area contributed by atoms with Crippen molar-refractivity contribution in [3.8, 4) is 23.0 Å². The molecule has 198 valence electrons. The van der Waals surface area contributed by atoms with E-state index in [2.05, 4.69) is 56.9 Å². The fourth-order valence-corrected chi connectivity index (χ4v) is 5.16. The topological polar surface area (TPSA) is 75.1 Å². The number of fused-ring (bicyclic) bond motifs is 1. The molecule has 0 saturated heterocycles. The molecule has 0 fully saturated rings. The molecule has 6 heteroatoms. The number of hydrogen-bond acceptors (Lipinski definition) is 3. The smallest absolute Gasteiger partial charge is 0.271 e. The number of carbonyl (C=O) groups is 1. The highest BCUT2D eigenvalue weighted by Crippen LogP contribution is 2.27. The number of carbonyl (C=O) groups excluding carboxylic acids is 1. The van der Waals surface area contributed by atoms with Crippen LogP contribution < -0.4 is 5.43 Å². The van der Waals surface area contributed by atoms with Crippen LogP contribution in [0, 0.1) is 18.3 Å². The average molecular weight is 534 g/mol. The van der Waals surface area contributed by atoms with Gasteiger partial charge in [-0.05, 0) is 66.6 Å². The first-order valence-electron chi connectivity index (χ1n) is 13.4. The number of nitrogens with zero attached hydrogens (tertiary/aromatic N) is 4. The lowest BCUT2D eigenvalue weighted by molar-refractivity contribution is 0.0955. The first-order chi connectivity index (χ1) is 20.1. The van der Waals surface area contributed by atoms with Gasteiger partial charge in [0.1, 0.15) is 0 Å². The van der Waals surface area contributed by atoms with Crippen LogP contribution in [0.2, 0.25) is 0 Å². The van der Waals surface area contributed by atoms with Crippen molar-refractivity contribution in [1.82, 2.24) is 14.6 Å². The monoisotopic (exact) mass is 533 g/mol. The van der Waals surface area contributed by atoms with Crippen LogP contribution in [0.15, 0.2) is 127 Å². The Morgan fingerprint density at radius 2 is 1.61 bits per heavy atom. The van der Waals surface area contributed by atoms with Crippen molar-refractivity contribution in [2.45, 2.75) is 13.5 Å². The van der Waals surface area contributed by atoms with E-state index in [1.165, 1.54) is 0 Å². The van der Waals surface area contributed by atoms with Crippen LogP contribution >= 0.6 is 0 Å². The molecule has 0 spiro atoms. The minimum Gasteiger partial charge on any atom is -0.342 e. The van der Waals surface area contributed by atoms with Crippen LogP contribution in [-0.2, 0) is 6.54 Å². The van der Waals surface area contributed by atoms with E-state index >= 15 is 0 Å². The summed E-state index contributed by atoms with van der Waals surface area (Å²) in [5.41, 5.74) is 11.0. The van der Waals surface area contributed by atoms with Crippen molar-refractivity contribution >= 4 is 23.0 Å². The summed E-state index contributed by atoms with van der Waals surface area (Å²) in [5, 5.41) is 14.8. The molecule has 0 bridgehead atoms. The van der Waals surface area contributed by atoms with E-state index < -0.39 is 0 Å². The van der Waals surface area contributed by atoms with E-state index in [9.17, 15) is 10.1 Å². The van der Waals surface area contributed by atoms with E-state index in [0.717, 1.165) is 44.7 Å². The second kappa shape index (κ2) is 11.2. The zero-order valence-electron chi connectivity index (χ0n) is 22.5. The van der Waals surface area contributed by atoms with Crippen molar-refractivity contribution in [3.63, 3.8) is 0 Å². The second-order valence-corrected chi connectivity index (χ2v) is 9.81. The molecule has 1 amide bonds. The first kappa shape index (κ1) is 25.6. The van der Waals surface area contributed by atoms with Crippen molar-refractivity contribution in [2.75, 3.05) is 0 Å². The van der Waals surface area contributed by atoms with Crippen molar-refractivity contribution < 1.29 is 4.79 Å². The van der Waals surface area contributed by atoms with Gasteiger partial charge in [-0.2, -0.15) is 10.4 Å². The maximum absolute atomic E-state index is 12.9. The molecule has 0 radical (unpaired) electrons. The van der Waals surface area contributed by atoms with Crippen LogP contribution in [0.4, 0.5) is 0 Å². The molecule has 0 saturated carbocycles. The molecule has 2 aromatic heterocycles. The Balaban J connectivity index is 1.19. The van der Waals surface area contributed by atoms with Crippen molar-refractivity contribution in [1.29, 1.82) is 5.26 Å². The SMILES string of the molecule is Cc1ccc(-c2ccccc2)n1-c1ccc(C(=O)N/N=C/c2cn(Cc3ccccc3C#N)c3ccccc23)cc1. The fraction of sp³-hybridized carbons (Fsp3) is 0.0571. The highest BCUT2D eigenvalue weighted by Gasteiger charge is 2.12. The minimum atomic E-state index is -0.285. The molecule has 2 heterocycles. The highest BCUT2D eigenvalue weighted by molar-refractivity contribution is 6.00. The Labute approximate surface area is 238 Å². The molecule has 6 rings (SSSR count). The first-order valence-corrected chi connectivity index (χ1v) is 13.4. The predicted molar refractivity (Wildman–Crippen MR) is 163 cm³/mol. The molecule has 4 aromatic carbocycles. The number of hydrazone groups is 1. The number of benzene rings is 4. The molecule has 6 nitrogen and oxygen atoms in total. The summed E-state index contributed by atoms with van der Waals surface area (Å²) < 4.78 is 4.28. The zero-order valence-corrected chi connectivity index (χ0v) is 22.5. The van der Waals surface area contributed by atoms with Gasteiger partial charge in [0.2, 0.25) is 0 Å². The van der Waals surface area contributed by atoms with Gasteiger partial charge in [0, 0.05) is 46.2 Å². The van der Waals surface area contributed by atoms with Crippen molar-refractivity contribution in [2.24, 2.45) is 5.10 Å². The number of rotatable bonds is 7. The number of amides is 1. The van der Waals surface area contributed by atoms with E-state index in [1.807, 2.05) is 97.2 Å². The summed E-state index contributed by atoms with van der Waals surface area (Å²) in [6.07, 6.45) is 3.66. The number of aryl methyl sites for hydroxylation is 1. The lowest BCUT2D eigenvalue weighted by atomic mass is 10.1. The zero-order chi connectivity index (χ0) is 28.2. The third-order valence-corrected chi connectivity index (χ3v) is 7.20. The number of hydrogen-bond donors (Lipinski definition) is 1. The Morgan fingerprint density at radius 3 is 2.41 bits per heavy atom. The summed E-state index contributed by atoms with van der Waals surface area (Å²) >= 11 is 0. The third-order valence-electron chi connectivity index (χ3n) is 7.20. The van der Waals surface area contributed by atoms with Crippen LogP contribution in [-0.4, -0.2) is 21.3 Å². The highest BCUT2D eigenvalue weighted by atomic mass is 16.2. The summed E-state index contributed by atoms with van der Waals surface area (Å²) in [5.74, 6) is -0.285. The Kier molecular flexibility index (Phi) is 7.00. The van der Waals surface area contributed by atoms with E-state index in [-0.39, 0.29) is 5.91 Å². The lowest BCUT2D eigenvalue weighted by Gasteiger charge is -2.12. The van der Waals surface area contributed by atoms with Gasteiger partial charge in [-0.3, -0.25) is 4.79 Å². The van der Waals surface area contributed by atoms with E-state index in [0.29, 0.717) is 17.7 Å². The molecular weight excluding hydrogens is 506 g/mol. The molecule has 0 atom stereocenters.